The molecule has 0 aliphatic carbocycles. The van der Waals surface area contributed by atoms with E-state index in [0.29, 0.717) is 6.42 Å². The molecular formula is C12H26BNO7S. The molecule has 0 amide bonds. The van der Waals surface area contributed by atoms with Gasteiger partial charge in [-0.15, -0.1) is 0 Å². The van der Waals surface area contributed by atoms with E-state index in [1.54, 1.807) is 0 Å². The molecule has 0 spiro atoms. The molecule has 1 unspecified atom stereocenters. The number of rotatable bonds is 12. The molecule has 22 heavy (non-hydrogen) atoms. The average molecular weight is 339 g/mol. The van der Waals surface area contributed by atoms with E-state index in [4.69, 9.17) is 5.11 Å². The van der Waals surface area contributed by atoms with E-state index in [1.165, 1.54) is 4.90 Å². The first kappa shape index (κ1) is 21.6. The quantitative estimate of drug-likeness (QED) is 0.294. The van der Waals surface area contributed by atoms with Crippen molar-refractivity contribution in [2.45, 2.75) is 31.9 Å². The molecule has 0 aliphatic heterocycles. The van der Waals surface area contributed by atoms with Crippen LogP contribution in [0.25, 0.3) is 0 Å². The van der Waals surface area contributed by atoms with Crippen molar-refractivity contribution >= 4 is 16.1 Å². The Balaban J connectivity index is 5.19. The van der Waals surface area contributed by atoms with E-state index in [1.807, 2.05) is 13.8 Å². The third-order valence-corrected chi connectivity index (χ3v) is 4.56. The summed E-state index contributed by atoms with van der Waals surface area (Å²) in [6.45, 7) is 2.54. The predicted molar refractivity (Wildman–Crippen MR) is 81.3 cm³/mol. The van der Waals surface area contributed by atoms with Gasteiger partial charge in [0.2, 0.25) is 0 Å². The maximum atomic E-state index is 11.2. The standard InChI is InChI=1S/C12H26BNO7S/c1-10(2)5-12(8-16,9-17)14(3-4-15)6-11(18)7-22(20,21)13-19/h10-11,15-18H,3-9H2,1-2H3. The number of aliphatic hydroxyl groups is 4. The second kappa shape index (κ2) is 9.69. The first-order valence-corrected chi connectivity index (χ1v) is 8.81. The van der Waals surface area contributed by atoms with Crippen molar-refractivity contribution in [3.8, 4) is 0 Å². The fourth-order valence-corrected chi connectivity index (χ4v) is 3.25. The van der Waals surface area contributed by atoms with E-state index in [9.17, 15) is 28.4 Å². The van der Waals surface area contributed by atoms with Crippen LogP contribution in [0.2, 0.25) is 0 Å². The summed E-state index contributed by atoms with van der Waals surface area (Å²) in [6, 6.07) is 0. The van der Waals surface area contributed by atoms with Gasteiger partial charge in [0.1, 0.15) is 0 Å². The van der Waals surface area contributed by atoms with Gasteiger partial charge in [0, 0.05) is 0 Å². The van der Waals surface area contributed by atoms with Gasteiger partial charge < -0.3 is 0 Å². The van der Waals surface area contributed by atoms with Gasteiger partial charge in [-0.3, -0.25) is 0 Å². The molecule has 0 aromatic heterocycles. The van der Waals surface area contributed by atoms with Crippen molar-refractivity contribution in [3.63, 3.8) is 0 Å². The maximum absolute atomic E-state index is 11.2. The van der Waals surface area contributed by atoms with E-state index >= 15 is 0 Å². The number of β-amino-alcohol motifs (C(OH)–C–C–N with tert-alkyl or cyclic N) is 2. The second-order valence-corrected chi connectivity index (χ2v) is 7.74. The summed E-state index contributed by atoms with van der Waals surface area (Å²) in [5.41, 5.74) is -1.08. The van der Waals surface area contributed by atoms with Gasteiger partial charge in [-0.1, -0.05) is 0 Å². The number of hydrogen-bond donors (Lipinski definition) is 4. The molecule has 1 atom stereocenters. The van der Waals surface area contributed by atoms with Crippen LogP contribution in [-0.4, -0.2) is 90.5 Å². The Kier molecular flexibility index (Phi) is 9.52. The topological polar surface area (TPSA) is 135 Å². The molecule has 0 radical (unpaired) electrons. The SMILES string of the molecule is CC(C)CC(CO)(CO)N(CCO)CC(O)CS(=O)(=O)B=O. The summed E-state index contributed by atoms with van der Waals surface area (Å²) < 4.78 is 32.8. The Labute approximate surface area is 131 Å². The van der Waals surface area contributed by atoms with E-state index in [-0.39, 0.29) is 32.0 Å². The van der Waals surface area contributed by atoms with Crippen molar-refractivity contribution in [2.75, 3.05) is 38.7 Å². The van der Waals surface area contributed by atoms with Crippen molar-refractivity contribution in [1.82, 2.24) is 4.90 Å². The monoisotopic (exact) mass is 339 g/mol. The van der Waals surface area contributed by atoms with E-state index in [2.05, 4.69) is 0 Å². The fraction of sp³-hybridized carbons (Fsp3) is 1.00. The Morgan fingerprint density at radius 3 is 2.09 bits per heavy atom. The predicted octanol–water partition coefficient (Wildman–Crippen LogP) is -2.21. The zero-order valence-electron chi connectivity index (χ0n) is 13.1. The molecule has 0 aromatic rings. The van der Waals surface area contributed by atoms with Gasteiger partial charge in [-0.2, -0.15) is 0 Å². The van der Waals surface area contributed by atoms with Crippen LogP contribution in [0.1, 0.15) is 20.3 Å². The molecule has 10 heteroatoms. The van der Waals surface area contributed by atoms with Crippen LogP contribution in [0.3, 0.4) is 0 Å². The van der Waals surface area contributed by atoms with Crippen molar-refractivity contribution in [3.05, 3.63) is 0 Å². The van der Waals surface area contributed by atoms with Gasteiger partial charge in [0.05, 0.1) is 0 Å². The number of aliphatic hydroxyl groups excluding tert-OH is 4. The Bertz CT molecular complexity index is 425. The van der Waals surface area contributed by atoms with Crippen LogP contribution in [0.5, 0.6) is 0 Å². The Hall–Kier alpha value is -0.385. The van der Waals surface area contributed by atoms with Gasteiger partial charge in [-0.05, 0) is 0 Å². The zero-order valence-corrected chi connectivity index (χ0v) is 13.9. The van der Waals surface area contributed by atoms with Crippen LogP contribution in [0, 0.1) is 5.92 Å². The molecule has 0 rings (SSSR count). The molecule has 0 aromatic carbocycles. The number of hydrogen-bond acceptors (Lipinski definition) is 8. The summed E-state index contributed by atoms with van der Waals surface area (Å²) in [6.07, 6.45) is -1.19. The molecule has 0 aliphatic rings. The molecule has 130 valence electrons. The second-order valence-electron chi connectivity index (χ2n) is 5.89. The molecular weight excluding hydrogens is 313 g/mol. The Morgan fingerprint density at radius 2 is 1.73 bits per heavy atom. The summed E-state index contributed by atoms with van der Waals surface area (Å²) >= 11 is 0. The molecule has 0 fully saturated rings. The van der Waals surface area contributed by atoms with Crippen LogP contribution in [0.4, 0.5) is 0 Å². The van der Waals surface area contributed by atoms with Gasteiger partial charge >= 0.3 is 131 Å². The van der Waals surface area contributed by atoms with Gasteiger partial charge in [-0.25, -0.2) is 0 Å². The molecule has 0 saturated heterocycles. The molecule has 0 saturated carbocycles. The minimum atomic E-state index is -4.01. The first-order chi connectivity index (χ1) is 10.2. The van der Waals surface area contributed by atoms with Crippen molar-refractivity contribution in [2.24, 2.45) is 5.92 Å². The van der Waals surface area contributed by atoms with Gasteiger partial charge in [0.25, 0.3) is 0 Å². The molecule has 8 nitrogen and oxygen atoms in total. The average Bonchev–Trinajstić information content (AvgIpc) is 2.43. The van der Waals surface area contributed by atoms with Crippen LogP contribution >= 0.6 is 0 Å². The van der Waals surface area contributed by atoms with Crippen LogP contribution in [-0.2, 0) is 14.4 Å². The van der Waals surface area contributed by atoms with Crippen molar-refractivity contribution in [1.29, 1.82) is 0 Å². The van der Waals surface area contributed by atoms with Crippen molar-refractivity contribution < 1.29 is 33.5 Å². The fourth-order valence-electron chi connectivity index (χ4n) is 2.53. The Morgan fingerprint density at radius 1 is 1.18 bits per heavy atom. The van der Waals surface area contributed by atoms with Crippen LogP contribution < -0.4 is 0 Å². The van der Waals surface area contributed by atoms with Gasteiger partial charge in [0.15, 0.2) is 0 Å². The van der Waals surface area contributed by atoms with Crippen LogP contribution in [0.15, 0.2) is 0 Å². The minimum absolute atomic E-state index is 0.0477. The third kappa shape index (κ3) is 6.80. The third-order valence-electron chi connectivity index (χ3n) is 3.42. The van der Waals surface area contributed by atoms with E-state index < -0.39 is 40.3 Å². The summed E-state index contributed by atoms with van der Waals surface area (Å²) in [4.78, 5) is 1.47. The molecule has 0 bridgehead atoms. The van der Waals surface area contributed by atoms with E-state index in [0.717, 1.165) is 0 Å². The number of nitrogens with zero attached hydrogens (tertiary/aromatic N) is 1. The summed E-state index contributed by atoms with van der Waals surface area (Å²) in [5, 5.41) is 38.4. The molecule has 4 N–H and O–H groups in total. The molecule has 0 heterocycles. The summed E-state index contributed by atoms with van der Waals surface area (Å²) in [7, 11) is -4.01. The summed E-state index contributed by atoms with van der Waals surface area (Å²) in [5.74, 6) is -0.621. The first-order valence-electron chi connectivity index (χ1n) is 7.10. The zero-order chi connectivity index (χ0) is 17.4. The normalized spacial score (nSPS) is 14.4.